The van der Waals surface area contributed by atoms with Crippen molar-refractivity contribution >= 4 is 39.7 Å². The molecule has 2 unspecified atom stereocenters. The summed E-state index contributed by atoms with van der Waals surface area (Å²) in [4.78, 5) is 36.1. The molecular weight excluding hydrogens is 410 g/mol. The van der Waals surface area contributed by atoms with Crippen LogP contribution in [0.25, 0.3) is 10.6 Å². The number of aliphatic hydroxyl groups excluding tert-OH is 1. The van der Waals surface area contributed by atoms with Gasteiger partial charge in [0.1, 0.15) is 6.04 Å². The number of aryl methyl sites for hydroxylation is 1. The van der Waals surface area contributed by atoms with Gasteiger partial charge in [-0.1, -0.05) is 17.4 Å². The van der Waals surface area contributed by atoms with Crippen molar-refractivity contribution in [3.8, 4) is 10.6 Å². The number of benzene rings is 1. The van der Waals surface area contributed by atoms with Crippen LogP contribution in [-0.2, 0) is 4.79 Å². The molecule has 5 N–H and O–H groups in total. The van der Waals surface area contributed by atoms with Crippen LogP contribution >= 0.6 is 11.3 Å². The van der Waals surface area contributed by atoms with E-state index in [0.29, 0.717) is 27.1 Å². The molecule has 0 spiro atoms. The fraction of sp³-hybridized carbons (Fsp3) is 0.222. The molecule has 3 aromatic rings. The van der Waals surface area contributed by atoms with Gasteiger partial charge in [0.15, 0.2) is 5.13 Å². The first-order valence-electron chi connectivity index (χ1n) is 8.81. The summed E-state index contributed by atoms with van der Waals surface area (Å²) in [5, 5.41) is 26.2. The van der Waals surface area contributed by atoms with Crippen molar-refractivity contribution in [1.29, 1.82) is 0 Å². The van der Waals surface area contributed by atoms with Gasteiger partial charge in [-0.25, -0.2) is 15.0 Å². The largest absolute Gasteiger partial charge is 0.391 e. The van der Waals surface area contributed by atoms with E-state index in [9.17, 15) is 20.0 Å². The molecule has 0 aliphatic heterocycles. The van der Waals surface area contributed by atoms with Gasteiger partial charge in [0, 0.05) is 24.0 Å². The molecule has 2 aromatic heterocycles. The summed E-state index contributed by atoms with van der Waals surface area (Å²) in [7, 11) is 0. The molecule has 0 aliphatic carbocycles. The third kappa shape index (κ3) is 4.92. The summed E-state index contributed by atoms with van der Waals surface area (Å²) in [6, 6.07) is 6.62. The normalized spacial score (nSPS) is 12.8. The molecule has 1 amide bonds. The molecule has 0 saturated carbocycles. The summed E-state index contributed by atoms with van der Waals surface area (Å²) in [6.07, 6.45) is 0.554. The van der Waals surface area contributed by atoms with Crippen LogP contribution in [0.4, 0.5) is 22.5 Å². The summed E-state index contributed by atoms with van der Waals surface area (Å²) in [6.45, 7) is 3.20. The van der Waals surface area contributed by atoms with Gasteiger partial charge in [0.2, 0.25) is 11.9 Å². The molecule has 12 heteroatoms. The van der Waals surface area contributed by atoms with Crippen LogP contribution in [0.3, 0.4) is 0 Å². The standard InChI is InChI=1S/C18H19N7O4S/c1-9-15(30-18(21-9)24-16(27)14(19)10(2)26)13-6-7-20-17(23-13)22-11-4-3-5-12(8-11)25(28)29/h3-8,10,14,26H,19H2,1-2H3,(H,20,22,23)(H,21,24,27). The number of aliphatic hydroxyl groups is 1. The molecule has 3 rings (SSSR count). The number of nitro benzene ring substituents is 1. The second-order valence-corrected chi connectivity index (χ2v) is 7.39. The number of nitrogens with zero attached hydrogens (tertiary/aromatic N) is 4. The predicted octanol–water partition coefficient (Wildman–Crippen LogP) is 2.21. The number of anilines is 3. The van der Waals surface area contributed by atoms with Gasteiger partial charge < -0.3 is 21.5 Å². The Morgan fingerprint density at radius 1 is 1.33 bits per heavy atom. The maximum atomic E-state index is 12.0. The Kier molecular flexibility index (Phi) is 6.30. The molecule has 0 bridgehead atoms. The van der Waals surface area contributed by atoms with Crippen LogP contribution in [0.15, 0.2) is 36.5 Å². The molecule has 11 nitrogen and oxygen atoms in total. The molecule has 2 atom stereocenters. The van der Waals surface area contributed by atoms with Gasteiger partial charge in [0.25, 0.3) is 5.69 Å². The van der Waals surface area contributed by atoms with Gasteiger partial charge in [0.05, 0.1) is 27.3 Å². The lowest BCUT2D eigenvalue weighted by Gasteiger charge is -2.12. The Bertz CT molecular complexity index is 1090. The third-order valence-electron chi connectivity index (χ3n) is 4.05. The lowest BCUT2D eigenvalue weighted by atomic mass is 10.2. The highest BCUT2D eigenvalue weighted by Gasteiger charge is 2.21. The van der Waals surface area contributed by atoms with E-state index >= 15 is 0 Å². The molecule has 0 aliphatic rings. The second kappa shape index (κ2) is 8.90. The third-order valence-corrected chi connectivity index (χ3v) is 5.15. The van der Waals surface area contributed by atoms with Crippen molar-refractivity contribution in [2.45, 2.75) is 26.0 Å². The van der Waals surface area contributed by atoms with Crippen molar-refractivity contribution in [3.63, 3.8) is 0 Å². The van der Waals surface area contributed by atoms with Crippen LogP contribution in [-0.4, -0.2) is 43.0 Å². The zero-order valence-electron chi connectivity index (χ0n) is 16.1. The summed E-state index contributed by atoms with van der Waals surface area (Å²) in [5.74, 6) is -0.288. The number of hydrogen-bond donors (Lipinski definition) is 4. The molecule has 1 aromatic carbocycles. The number of non-ortho nitro benzene ring substituents is 1. The van der Waals surface area contributed by atoms with Crippen LogP contribution in [0.5, 0.6) is 0 Å². The van der Waals surface area contributed by atoms with E-state index in [-0.39, 0.29) is 11.6 Å². The molecule has 156 valence electrons. The Morgan fingerprint density at radius 2 is 2.10 bits per heavy atom. The highest BCUT2D eigenvalue weighted by molar-refractivity contribution is 7.19. The number of aromatic nitrogens is 3. The number of rotatable bonds is 7. The van der Waals surface area contributed by atoms with E-state index in [0.717, 1.165) is 0 Å². The molecule has 2 heterocycles. The average molecular weight is 429 g/mol. The molecule has 30 heavy (non-hydrogen) atoms. The fourth-order valence-corrected chi connectivity index (χ4v) is 3.41. The van der Waals surface area contributed by atoms with Crippen LogP contribution < -0.4 is 16.4 Å². The SMILES string of the molecule is Cc1nc(NC(=O)C(N)C(C)O)sc1-c1ccnc(Nc2cccc([N+](=O)[O-])c2)n1. The van der Waals surface area contributed by atoms with E-state index in [1.807, 2.05) is 0 Å². The van der Waals surface area contributed by atoms with Crippen LogP contribution in [0, 0.1) is 17.0 Å². The molecule has 0 radical (unpaired) electrons. The average Bonchev–Trinajstić information content (AvgIpc) is 3.07. The van der Waals surface area contributed by atoms with Crippen LogP contribution in [0.1, 0.15) is 12.6 Å². The predicted molar refractivity (Wildman–Crippen MR) is 113 cm³/mol. The van der Waals surface area contributed by atoms with Gasteiger partial charge in [-0.05, 0) is 26.0 Å². The van der Waals surface area contributed by atoms with Gasteiger partial charge in [-0.15, -0.1) is 0 Å². The fourth-order valence-electron chi connectivity index (χ4n) is 2.47. The number of thiazole rings is 1. The van der Waals surface area contributed by atoms with Crippen molar-refractivity contribution in [3.05, 3.63) is 52.3 Å². The molecule has 0 fully saturated rings. The lowest BCUT2D eigenvalue weighted by Crippen LogP contribution is -2.43. The van der Waals surface area contributed by atoms with Crippen molar-refractivity contribution in [2.24, 2.45) is 5.73 Å². The first-order chi connectivity index (χ1) is 14.2. The maximum Gasteiger partial charge on any atom is 0.271 e. The van der Waals surface area contributed by atoms with Gasteiger partial charge >= 0.3 is 0 Å². The maximum absolute atomic E-state index is 12.0. The van der Waals surface area contributed by atoms with E-state index in [1.54, 1.807) is 31.3 Å². The second-order valence-electron chi connectivity index (χ2n) is 6.39. The van der Waals surface area contributed by atoms with E-state index in [1.165, 1.54) is 30.4 Å². The van der Waals surface area contributed by atoms with Crippen molar-refractivity contribution in [2.75, 3.05) is 10.6 Å². The molecule has 0 saturated heterocycles. The summed E-state index contributed by atoms with van der Waals surface area (Å²) in [5.41, 5.74) is 7.26. The Labute approximate surface area is 175 Å². The minimum Gasteiger partial charge on any atom is -0.391 e. The number of nitrogens with one attached hydrogen (secondary N) is 2. The van der Waals surface area contributed by atoms with E-state index in [4.69, 9.17) is 5.73 Å². The first-order valence-corrected chi connectivity index (χ1v) is 9.63. The Morgan fingerprint density at radius 3 is 2.80 bits per heavy atom. The topological polar surface area (TPSA) is 169 Å². The smallest absolute Gasteiger partial charge is 0.271 e. The zero-order valence-corrected chi connectivity index (χ0v) is 16.9. The number of carbonyl (C=O) groups is 1. The summed E-state index contributed by atoms with van der Waals surface area (Å²) >= 11 is 1.20. The number of nitrogens with two attached hydrogens (primary N) is 1. The number of amides is 1. The number of carbonyl (C=O) groups excluding carboxylic acids is 1. The quantitative estimate of drug-likeness (QED) is 0.325. The number of hydrogen-bond acceptors (Lipinski definition) is 10. The lowest BCUT2D eigenvalue weighted by molar-refractivity contribution is -0.384. The van der Waals surface area contributed by atoms with E-state index in [2.05, 4.69) is 25.6 Å². The highest BCUT2D eigenvalue weighted by Crippen LogP contribution is 2.32. The monoisotopic (exact) mass is 429 g/mol. The Balaban J connectivity index is 1.81. The van der Waals surface area contributed by atoms with E-state index < -0.39 is 23.0 Å². The highest BCUT2D eigenvalue weighted by atomic mass is 32.1. The minimum atomic E-state index is -1.07. The summed E-state index contributed by atoms with van der Waals surface area (Å²) < 4.78 is 0. The van der Waals surface area contributed by atoms with Gasteiger partial charge in [-0.3, -0.25) is 14.9 Å². The Hall–Kier alpha value is -3.48. The minimum absolute atomic E-state index is 0.0507. The zero-order chi connectivity index (χ0) is 21.8. The van der Waals surface area contributed by atoms with Gasteiger partial charge in [-0.2, -0.15) is 0 Å². The number of nitro groups is 1. The van der Waals surface area contributed by atoms with Crippen molar-refractivity contribution in [1.82, 2.24) is 15.0 Å². The van der Waals surface area contributed by atoms with Crippen molar-refractivity contribution < 1.29 is 14.8 Å². The first kappa shape index (κ1) is 21.2. The van der Waals surface area contributed by atoms with Crippen LogP contribution in [0.2, 0.25) is 0 Å². The molecular formula is C18H19N7O4S.